The molecule has 0 aliphatic carbocycles. The van der Waals surface area contributed by atoms with Gasteiger partial charge in [0, 0.05) is 11.8 Å². The second-order valence-electron chi connectivity index (χ2n) is 5.52. The number of hydrogen-bond acceptors (Lipinski definition) is 5. The maximum atomic E-state index is 14.3. The summed E-state index contributed by atoms with van der Waals surface area (Å²) in [5, 5.41) is 12.2. The van der Waals surface area contributed by atoms with Crippen molar-refractivity contribution in [3.63, 3.8) is 0 Å². The Hall–Kier alpha value is -3.59. The van der Waals surface area contributed by atoms with Crippen LogP contribution in [0.25, 0.3) is 22.6 Å². The summed E-state index contributed by atoms with van der Waals surface area (Å²) < 4.78 is 15.3. The van der Waals surface area contributed by atoms with E-state index in [4.69, 9.17) is 17.3 Å². The van der Waals surface area contributed by atoms with Gasteiger partial charge in [0.1, 0.15) is 5.56 Å². The number of hydrogen-bond donors (Lipinski definition) is 1. The molecule has 0 fully saturated rings. The minimum absolute atomic E-state index is 0.277. The Balaban J connectivity index is 1.73. The van der Waals surface area contributed by atoms with Crippen LogP contribution in [0.15, 0.2) is 55.1 Å². The van der Waals surface area contributed by atoms with E-state index < -0.39 is 11.9 Å². The van der Waals surface area contributed by atoms with Crippen molar-refractivity contribution in [3.8, 4) is 22.6 Å². The minimum Gasteiger partial charge on any atom is -0.365 e. The summed E-state index contributed by atoms with van der Waals surface area (Å²) >= 11 is 6.30. The van der Waals surface area contributed by atoms with Crippen LogP contribution in [0.1, 0.15) is 10.4 Å². The first-order chi connectivity index (χ1) is 13.0. The van der Waals surface area contributed by atoms with Gasteiger partial charge in [-0.3, -0.25) is 4.79 Å². The third-order valence-corrected chi connectivity index (χ3v) is 4.11. The van der Waals surface area contributed by atoms with Crippen molar-refractivity contribution in [2.75, 3.05) is 0 Å². The van der Waals surface area contributed by atoms with E-state index in [2.05, 4.69) is 20.3 Å². The smallest absolute Gasteiger partial charge is 0.255 e. The Morgan fingerprint density at radius 3 is 2.52 bits per heavy atom. The molecule has 1 amide bonds. The lowest BCUT2D eigenvalue weighted by molar-refractivity contribution is 0.0996. The molecule has 3 aromatic heterocycles. The number of nitrogens with two attached hydrogens (primary N) is 1. The average Bonchev–Trinajstić information content (AvgIpc) is 3.31. The maximum absolute atomic E-state index is 14.3. The van der Waals surface area contributed by atoms with Gasteiger partial charge in [-0.25, -0.2) is 9.67 Å². The summed E-state index contributed by atoms with van der Waals surface area (Å²) in [6, 6.07) is 8.60. The fourth-order valence-electron chi connectivity index (χ4n) is 2.56. The molecule has 2 N–H and O–H groups in total. The van der Waals surface area contributed by atoms with Crippen LogP contribution in [0.5, 0.6) is 0 Å². The zero-order valence-electron chi connectivity index (χ0n) is 13.6. The SMILES string of the molecule is NC(=O)c1cnn(-c2cccc(-c3cnc(-n4nccn4)c(Cl)c3)c2)c1F. The van der Waals surface area contributed by atoms with Crippen molar-refractivity contribution in [3.05, 3.63) is 71.7 Å². The van der Waals surface area contributed by atoms with E-state index in [1.54, 1.807) is 30.5 Å². The number of halogens is 2. The van der Waals surface area contributed by atoms with Gasteiger partial charge in [-0.2, -0.15) is 19.7 Å². The van der Waals surface area contributed by atoms with Crippen molar-refractivity contribution < 1.29 is 9.18 Å². The summed E-state index contributed by atoms with van der Waals surface area (Å²) in [4.78, 5) is 16.8. The predicted octanol–water partition coefficient (Wildman–Crippen LogP) is 2.41. The molecule has 10 heteroatoms. The van der Waals surface area contributed by atoms with Crippen molar-refractivity contribution in [1.82, 2.24) is 29.8 Å². The number of pyridine rings is 1. The third kappa shape index (κ3) is 3.04. The first kappa shape index (κ1) is 16.9. The fraction of sp³-hybridized carbons (Fsp3) is 0. The Labute approximate surface area is 157 Å². The quantitative estimate of drug-likeness (QED) is 0.582. The molecular weight excluding hydrogens is 373 g/mol. The highest BCUT2D eigenvalue weighted by Crippen LogP contribution is 2.27. The number of carbonyl (C=O) groups is 1. The number of carbonyl (C=O) groups excluding carboxylic acids is 1. The predicted molar refractivity (Wildman–Crippen MR) is 95.2 cm³/mol. The van der Waals surface area contributed by atoms with E-state index in [9.17, 15) is 9.18 Å². The monoisotopic (exact) mass is 383 g/mol. The van der Waals surface area contributed by atoms with Gasteiger partial charge in [0.05, 0.1) is 29.3 Å². The van der Waals surface area contributed by atoms with Gasteiger partial charge in [0.15, 0.2) is 5.82 Å². The van der Waals surface area contributed by atoms with Crippen LogP contribution in [-0.2, 0) is 0 Å². The average molecular weight is 384 g/mol. The molecule has 27 heavy (non-hydrogen) atoms. The van der Waals surface area contributed by atoms with E-state index in [1.807, 2.05) is 6.07 Å². The Bertz CT molecular complexity index is 1140. The Morgan fingerprint density at radius 2 is 1.85 bits per heavy atom. The highest BCUT2D eigenvalue weighted by molar-refractivity contribution is 6.32. The zero-order valence-corrected chi connectivity index (χ0v) is 14.4. The molecule has 8 nitrogen and oxygen atoms in total. The van der Waals surface area contributed by atoms with Gasteiger partial charge in [-0.15, -0.1) is 4.80 Å². The lowest BCUT2D eigenvalue weighted by atomic mass is 10.1. The van der Waals surface area contributed by atoms with Gasteiger partial charge in [0.25, 0.3) is 5.91 Å². The van der Waals surface area contributed by atoms with Gasteiger partial charge in [-0.05, 0) is 23.8 Å². The molecule has 134 valence electrons. The van der Waals surface area contributed by atoms with Crippen LogP contribution in [0.4, 0.5) is 4.39 Å². The van der Waals surface area contributed by atoms with Gasteiger partial charge in [-0.1, -0.05) is 23.7 Å². The Kier molecular flexibility index (Phi) is 4.13. The van der Waals surface area contributed by atoms with Crippen LogP contribution in [0.3, 0.4) is 0 Å². The topological polar surface area (TPSA) is 105 Å². The second-order valence-corrected chi connectivity index (χ2v) is 5.93. The van der Waals surface area contributed by atoms with Crippen LogP contribution in [0, 0.1) is 5.95 Å². The van der Waals surface area contributed by atoms with Crippen molar-refractivity contribution in [1.29, 1.82) is 0 Å². The first-order valence-corrected chi connectivity index (χ1v) is 8.09. The molecule has 0 unspecified atom stereocenters. The molecule has 4 rings (SSSR count). The van der Waals surface area contributed by atoms with E-state index in [0.29, 0.717) is 22.1 Å². The fourth-order valence-corrected chi connectivity index (χ4v) is 2.80. The maximum Gasteiger partial charge on any atom is 0.255 e. The number of aromatic nitrogens is 6. The molecule has 0 radical (unpaired) electrons. The molecule has 0 atom stereocenters. The molecule has 1 aromatic carbocycles. The molecule has 3 heterocycles. The number of primary amides is 1. The second kappa shape index (κ2) is 6.61. The summed E-state index contributed by atoms with van der Waals surface area (Å²) in [7, 11) is 0. The Morgan fingerprint density at radius 1 is 1.07 bits per heavy atom. The lowest BCUT2D eigenvalue weighted by Crippen LogP contribution is -2.12. The van der Waals surface area contributed by atoms with E-state index in [-0.39, 0.29) is 5.56 Å². The van der Waals surface area contributed by atoms with Crippen molar-refractivity contribution >= 4 is 17.5 Å². The number of rotatable bonds is 4. The van der Waals surface area contributed by atoms with E-state index in [0.717, 1.165) is 16.4 Å². The summed E-state index contributed by atoms with van der Waals surface area (Å²) in [6.07, 6.45) is 5.75. The molecule has 4 aromatic rings. The third-order valence-electron chi connectivity index (χ3n) is 3.83. The van der Waals surface area contributed by atoms with Crippen LogP contribution < -0.4 is 5.73 Å². The molecule has 0 aliphatic rings. The van der Waals surface area contributed by atoms with Gasteiger partial charge < -0.3 is 5.73 Å². The molecule has 0 bridgehead atoms. The molecule has 0 spiro atoms. The molecule has 0 saturated carbocycles. The largest absolute Gasteiger partial charge is 0.365 e. The minimum atomic E-state index is -0.881. The summed E-state index contributed by atoms with van der Waals surface area (Å²) in [5.74, 6) is -1.31. The van der Waals surface area contributed by atoms with Crippen LogP contribution in [-0.4, -0.2) is 35.7 Å². The number of amides is 1. The summed E-state index contributed by atoms with van der Waals surface area (Å²) in [5.41, 5.74) is 6.72. The van der Waals surface area contributed by atoms with Crippen molar-refractivity contribution in [2.24, 2.45) is 5.73 Å². The molecular formula is C17H11ClFN7O. The van der Waals surface area contributed by atoms with Gasteiger partial charge >= 0.3 is 0 Å². The van der Waals surface area contributed by atoms with E-state index in [1.165, 1.54) is 17.2 Å². The molecule has 0 saturated heterocycles. The van der Waals surface area contributed by atoms with Crippen LogP contribution in [0.2, 0.25) is 5.02 Å². The highest BCUT2D eigenvalue weighted by Gasteiger charge is 2.16. The van der Waals surface area contributed by atoms with Crippen LogP contribution >= 0.6 is 11.6 Å². The normalized spacial score (nSPS) is 10.9. The standard InChI is InChI=1S/C17H11ClFN7O/c18-14-7-11(8-21-17(14)26-22-4-5-23-26)10-2-1-3-12(6-10)25-15(19)13(9-24-25)16(20)27/h1-9H,(H2,20,27). The molecule has 0 aliphatic heterocycles. The van der Waals surface area contributed by atoms with Crippen molar-refractivity contribution in [2.45, 2.75) is 0 Å². The number of benzene rings is 1. The first-order valence-electron chi connectivity index (χ1n) is 7.71. The zero-order chi connectivity index (χ0) is 19.0. The van der Waals surface area contributed by atoms with Gasteiger partial charge in [0.2, 0.25) is 5.95 Å². The van der Waals surface area contributed by atoms with E-state index >= 15 is 0 Å². The lowest BCUT2D eigenvalue weighted by Gasteiger charge is -2.08. The number of nitrogens with zero attached hydrogens (tertiary/aromatic N) is 6. The highest BCUT2D eigenvalue weighted by atomic mass is 35.5. The summed E-state index contributed by atoms with van der Waals surface area (Å²) in [6.45, 7) is 0.